The Bertz CT molecular complexity index is 1530. The molecule has 3 aromatic carbocycles. The molecule has 0 saturated carbocycles. The molecular weight excluding hydrogens is 438 g/mol. The van der Waals surface area contributed by atoms with Crippen molar-refractivity contribution in [1.29, 1.82) is 0 Å². The third-order valence-corrected chi connectivity index (χ3v) is 6.47. The molecule has 3 heterocycles. The van der Waals surface area contributed by atoms with Gasteiger partial charge in [-0.2, -0.15) is 0 Å². The molecule has 0 atom stereocenters. The van der Waals surface area contributed by atoms with Crippen molar-refractivity contribution < 1.29 is 9.47 Å². The van der Waals surface area contributed by atoms with E-state index in [4.69, 9.17) is 9.47 Å². The molecule has 1 aliphatic heterocycles. The highest BCUT2D eigenvalue weighted by atomic mass is 16.5. The third-order valence-electron chi connectivity index (χ3n) is 6.47. The fourth-order valence-electron chi connectivity index (χ4n) is 4.74. The largest absolute Gasteiger partial charge is 0.497 e. The van der Waals surface area contributed by atoms with Crippen molar-refractivity contribution in [2.24, 2.45) is 0 Å². The Morgan fingerprint density at radius 1 is 1.03 bits per heavy atom. The van der Waals surface area contributed by atoms with E-state index in [2.05, 4.69) is 80.6 Å². The van der Waals surface area contributed by atoms with E-state index < -0.39 is 0 Å². The highest BCUT2D eigenvalue weighted by Crippen LogP contribution is 2.34. The Hall–Kier alpha value is -4.26. The maximum Gasteiger partial charge on any atom is 0.201 e. The highest BCUT2D eigenvalue weighted by molar-refractivity contribution is 5.92. The summed E-state index contributed by atoms with van der Waals surface area (Å²) in [6.45, 7) is 5.06. The average molecular weight is 466 g/mol. The monoisotopic (exact) mass is 465 g/mol. The van der Waals surface area contributed by atoms with Crippen LogP contribution < -0.4 is 19.7 Å². The van der Waals surface area contributed by atoms with Crippen molar-refractivity contribution >= 4 is 33.6 Å². The van der Waals surface area contributed by atoms with Crippen LogP contribution in [0.4, 0.5) is 11.6 Å². The summed E-state index contributed by atoms with van der Waals surface area (Å²) in [5, 5.41) is 4.35. The van der Waals surface area contributed by atoms with Crippen LogP contribution in [0.3, 0.4) is 0 Å². The molecule has 0 aliphatic carbocycles. The molecule has 0 fully saturated rings. The number of anilines is 2. The molecule has 0 saturated heterocycles. The molecule has 0 radical (unpaired) electrons. The lowest BCUT2D eigenvalue weighted by Crippen LogP contribution is -2.25. The van der Waals surface area contributed by atoms with Crippen LogP contribution in [0.1, 0.15) is 12.5 Å². The molecule has 6 rings (SSSR count). The van der Waals surface area contributed by atoms with Gasteiger partial charge in [0.15, 0.2) is 0 Å². The van der Waals surface area contributed by atoms with Crippen LogP contribution in [0.5, 0.6) is 11.5 Å². The molecule has 176 valence electrons. The second-order valence-electron chi connectivity index (χ2n) is 8.65. The average Bonchev–Trinajstić information content (AvgIpc) is 3.17. The van der Waals surface area contributed by atoms with E-state index in [0.717, 1.165) is 81.4 Å². The molecule has 5 aromatic rings. The van der Waals surface area contributed by atoms with Gasteiger partial charge in [-0.3, -0.25) is 4.98 Å². The van der Waals surface area contributed by atoms with Crippen molar-refractivity contribution in [3.8, 4) is 22.6 Å². The van der Waals surface area contributed by atoms with Gasteiger partial charge in [0.1, 0.15) is 18.1 Å². The molecular formula is C28H27N5O2. The first kappa shape index (κ1) is 21.3. The van der Waals surface area contributed by atoms with Gasteiger partial charge in [-0.25, -0.2) is 4.98 Å². The Labute approximate surface area is 203 Å². The number of imidazole rings is 1. The zero-order valence-electron chi connectivity index (χ0n) is 19.8. The minimum absolute atomic E-state index is 0.625. The number of H-pyrrole nitrogens is 1. The molecule has 7 nitrogen and oxygen atoms in total. The fourth-order valence-corrected chi connectivity index (χ4v) is 4.74. The summed E-state index contributed by atoms with van der Waals surface area (Å²) in [7, 11) is 1.68. The summed E-state index contributed by atoms with van der Waals surface area (Å²) in [6.07, 6.45) is 1.86. The van der Waals surface area contributed by atoms with E-state index in [1.165, 1.54) is 0 Å². The summed E-state index contributed by atoms with van der Waals surface area (Å²) >= 11 is 0. The topological polar surface area (TPSA) is 75.3 Å². The number of nitrogens with one attached hydrogen (secondary N) is 2. The predicted molar refractivity (Wildman–Crippen MR) is 141 cm³/mol. The minimum Gasteiger partial charge on any atom is -0.497 e. The van der Waals surface area contributed by atoms with Crippen molar-refractivity contribution in [1.82, 2.24) is 15.0 Å². The summed E-state index contributed by atoms with van der Waals surface area (Å²) in [5.41, 5.74) is 7.50. The number of aromatic amines is 1. The summed E-state index contributed by atoms with van der Waals surface area (Å²) < 4.78 is 11.5. The predicted octanol–water partition coefficient (Wildman–Crippen LogP) is 5.62. The quantitative estimate of drug-likeness (QED) is 0.351. The van der Waals surface area contributed by atoms with Crippen LogP contribution in [0.15, 0.2) is 66.9 Å². The van der Waals surface area contributed by atoms with Crippen molar-refractivity contribution in [2.75, 3.05) is 37.0 Å². The van der Waals surface area contributed by atoms with Crippen LogP contribution in [-0.2, 0) is 6.54 Å². The highest BCUT2D eigenvalue weighted by Gasteiger charge is 2.19. The van der Waals surface area contributed by atoms with Gasteiger partial charge in [0.25, 0.3) is 0 Å². The zero-order chi connectivity index (χ0) is 23.8. The van der Waals surface area contributed by atoms with Crippen molar-refractivity contribution in [3.63, 3.8) is 0 Å². The van der Waals surface area contributed by atoms with Gasteiger partial charge < -0.3 is 24.7 Å². The van der Waals surface area contributed by atoms with E-state index in [-0.39, 0.29) is 0 Å². The van der Waals surface area contributed by atoms with Crippen LogP contribution in [0.2, 0.25) is 0 Å². The first-order chi connectivity index (χ1) is 17.2. The molecule has 2 aromatic heterocycles. The van der Waals surface area contributed by atoms with Crippen LogP contribution in [-0.4, -0.2) is 41.8 Å². The van der Waals surface area contributed by atoms with Crippen molar-refractivity contribution in [3.05, 3.63) is 72.4 Å². The van der Waals surface area contributed by atoms with Gasteiger partial charge in [-0.05, 0) is 60.5 Å². The molecule has 7 heteroatoms. The lowest BCUT2D eigenvalue weighted by Gasteiger charge is -2.24. The Kier molecular flexibility index (Phi) is 5.37. The number of ether oxygens (including phenoxy) is 2. The maximum absolute atomic E-state index is 6.14. The second-order valence-corrected chi connectivity index (χ2v) is 8.65. The van der Waals surface area contributed by atoms with Gasteiger partial charge in [-0.15, -0.1) is 0 Å². The molecule has 0 spiro atoms. The van der Waals surface area contributed by atoms with Gasteiger partial charge in [0.2, 0.25) is 5.95 Å². The number of methoxy groups -OCH3 is 1. The number of pyridine rings is 1. The zero-order valence-corrected chi connectivity index (χ0v) is 19.8. The van der Waals surface area contributed by atoms with Crippen LogP contribution in [0, 0.1) is 0 Å². The summed E-state index contributed by atoms with van der Waals surface area (Å²) in [6, 6.07) is 20.9. The minimum atomic E-state index is 0.625. The number of aromatic nitrogens is 3. The van der Waals surface area contributed by atoms with Crippen molar-refractivity contribution in [2.45, 2.75) is 13.5 Å². The SMILES string of the molecule is CCNc1nc2ccc(-c3ccc4c(c3)CN(c3ccnc5cc(OC)ccc35)CCO4)cc2[nH]1. The second kappa shape index (κ2) is 8.83. The standard InChI is InChI=1S/C28H27N5O2/c1-3-29-28-31-23-8-4-19(15-25(23)32-28)18-5-9-27-20(14-18)17-33(12-13-35-27)26-10-11-30-24-16-21(34-2)6-7-22(24)26/h4-11,14-16H,3,12-13,17H2,1-2H3,(H2,29,31,32). The van der Waals surface area contributed by atoms with Gasteiger partial charge in [0, 0.05) is 42.0 Å². The molecule has 0 unspecified atom stereocenters. The molecule has 0 amide bonds. The summed E-state index contributed by atoms with van der Waals surface area (Å²) in [5.74, 6) is 2.55. The van der Waals surface area contributed by atoms with E-state index in [0.29, 0.717) is 6.61 Å². The number of hydrogen-bond acceptors (Lipinski definition) is 6. The van der Waals surface area contributed by atoms with E-state index in [1.807, 2.05) is 18.3 Å². The Morgan fingerprint density at radius 2 is 1.91 bits per heavy atom. The molecule has 2 N–H and O–H groups in total. The smallest absolute Gasteiger partial charge is 0.201 e. The van der Waals surface area contributed by atoms with Crippen LogP contribution in [0.25, 0.3) is 33.1 Å². The first-order valence-electron chi connectivity index (χ1n) is 11.9. The van der Waals surface area contributed by atoms with E-state index >= 15 is 0 Å². The Balaban J connectivity index is 1.35. The van der Waals surface area contributed by atoms with Gasteiger partial charge in [0.05, 0.1) is 30.2 Å². The van der Waals surface area contributed by atoms with E-state index in [9.17, 15) is 0 Å². The number of rotatable bonds is 5. The van der Waals surface area contributed by atoms with Gasteiger partial charge in [-0.1, -0.05) is 12.1 Å². The fraction of sp³-hybridized carbons (Fsp3) is 0.214. The van der Waals surface area contributed by atoms with Gasteiger partial charge >= 0.3 is 0 Å². The van der Waals surface area contributed by atoms with Crippen LogP contribution >= 0.6 is 0 Å². The molecule has 1 aliphatic rings. The normalized spacial score (nSPS) is 13.4. The lowest BCUT2D eigenvalue weighted by molar-refractivity contribution is 0.332. The first-order valence-corrected chi connectivity index (χ1v) is 11.9. The number of hydrogen-bond donors (Lipinski definition) is 2. The number of fused-ring (bicyclic) bond motifs is 3. The molecule has 0 bridgehead atoms. The lowest BCUT2D eigenvalue weighted by atomic mass is 10.0. The number of benzene rings is 3. The van der Waals surface area contributed by atoms with E-state index in [1.54, 1.807) is 7.11 Å². The maximum atomic E-state index is 6.14. The Morgan fingerprint density at radius 3 is 2.80 bits per heavy atom. The molecule has 35 heavy (non-hydrogen) atoms. The third kappa shape index (κ3) is 3.99. The summed E-state index contributed by atoms with van der Waals surface area (Å²) in [4.78, 5) is 14.9. The number of nitrogens with zero attached hydrogens (tertiary/aromatic N) is 3.